The first-order chi connectivity index (χ1) is 9.47. The van der Waals surface area contributed by atoms with Crippen molar-refractivity contribution >= 4 is 23.5 Å². The van der Waals surface area contributed by atoms with Crippen molar-refractivity contribution in [2.75, 3.05) is 13.2 Å². The molecule has 0 aromatic rings. The highest BCUT2D eigenvalue weighted by atomic mass is 28.4. The molecule has 0 aromatic carbocycles. The second kappa shape index (κ2) is 8.74. The average Bonchev–Trinajstić information content (AvgIpc) is 2.36. The molecule has 11 heteroatoms. The van der Waals surface area contributed by atoms with Crippen LogP contribution in [0, 0.1) is 0 Å². The molecule has 0 bridgehead atoms. The lowest BCUT2D eigenvalue weighted by atomic mass is 10.7. The van der Waals surface area contributed by atoms with E-state index in [0.29, 0.717) is 18.1 Å². The van der Waals surface area contributed by atoms with Crippen LogP contribution in [0.2, 0.25) is 18.1 Å². The molecule has 126 valence electrons. The van der Waals surface area contributed by atoms with E-state index in [1.807, 2.05) is 0 Å². The molecular weight excluding hydrogens is 337 g/mol. The predicted molar refractivity (Wildman–Crippen MR) is 68.1 cm³/mol. The van der Waals surface area contributed by atoms with Gasteiger partial charge in [0.2, 0.25) is 0 Å². The van der Waals surface area contributed by atoms with Crippen molar-refractivity contribution in [3.05, 3.63) is 0 Å². The third kappa shape index (κ3) is 9.76. The molecule has 0 saturated carbocycles. The van der Waals surface area contributed by atoms with Crippen molar-refractivity contribution in [2.45, 2.75) is 51.3 Å². The molecule has 0 unspecified atom stereocenters. The Morgan fingerprint density at radius 3 is 1.33 bits per heavy atom. The molecule has 0 heterocycles. The van der Waals surface area contributed by atoms with Gasteiger partial charge in [-0.2, -0.15) is 26.3 Å². The van der Waals surface area contributed by atoms with Crippen LogP contribution in [0.4, 0.5) is 26.3 Å². The molecule has 0 saturated heterocycles. The zero-order valence-corrected chi connectivity index (χ0v) is 14.3. The molecule has 0 aliphatic rings. The lowest BCUT2D eigenvalue weighted by molar-refractivity contribution is -0.173. The number of halogens is 6. The average molecular weight is 356 g/mol. The molecule has 0 rings (SSSR count). The summed E-state index contributed by atoms with van der Waals surface area (Å²) in [5, 5.41) is 0. The molecule has 0 spiro atoms. The summed E-state index contributed by atoms with van der Waals surface area (Å²) in [6.45, 7) is 2.08. The smallest absolute Gasteiger partial charge is 0.498 e. The van der Waals surface area contributed by atoms with Crippen molar-refractivity contribution in [3.8, 4) is 0 Å². The minimum absolute atomic E-state index is 0.578. The van der Waals surface area contributed by atoms with Crippen LogP contribution in [0.15, 0.2) is 0 Å². The van der Waals surface area contributed by atoms with Crippen LogP contribution in [0.3, 0.4) is 0 Å². The van der Waals surface area contributed by atoms with Crippen LogP contribution in [-0.2, 0) is 11.1 Å². The lowest BCUT2D eigenvalue weighted by Crippen LogP contribution is -2.46. The fraction of sp³-hybridized carbons (Fsp3) is 1.00. The monoisotopic (exact) mass is 356 g/mol. The van der Waals surface area contributed by atoms with E-state index in [2.05, 4.69) is 7.58 Å². The number of alkyl halides is 6. The van der Waals surface area contributed by atoms with Gasteiger partial charge in [-0.1, -0.05) is 20.8 Å². The summed E-state index contributed by atoms with van der Waals surface area (Å²) in [4.78, 5) is 0. The van der Waals surface area contributed by atoms with E-state index < -0.39 is 49.0 Å². The maximum absolute atomic E-state index is 12.1. The summed E-state index contributed by atoms with van der Waals surface area (Å²) in [6.07, 6.45) is -9.27. The van der Waals surface area contributed by atoms with Crippen molar-refractivity contribution in [3.63, 3.8) is 0 Å². The maximum atomic E-state index is 12.1. The van der Waals surface area contributed by atoms with Crippen LogP contribution >= 0.6 is 0 Å². The van der Waals surface area contributed by atoms with Crippen LogP contribution in [0.1, 0.15) is 20.8 Å². The Hall–Kier alpha value is 0.209. The highest BCUT2D eigenvalue weighted by Crippen LogP contribution is 2.25. The van der Waals surface area contributed by atoms with Crippen LogP contribution in [0.5, 0.6) is 0 Å². The second-order valence-electron chi connectivity index (χ2n) is 4.50. The Morgan fingerprint density at radius 2 is 1.10 bits per heavy atom. The summed E-state index contributed by atoms with van der Waals surface area (Å²) in [5.41, 5.74) is 0. The Bertz CT molecular complexity index is 269. The van der Waals surface area contributed by atoms with Crippen molar-refractivity contribution in [1.29, 1.82) is 0 Å². The van der Waals surface area contributed by atoms with Gasteiger partial charge in [-0.25, -0.2) is 0 Å². The second-order valence-corrected chi connectivity index (χ2v) is 11.2. The van der Waals surface area contributed by atoms with E-state index in [-0.39, 0.29) is 0 Å². The predicted octanol–water partition coefficient (Wildman–Crippen LogP) is 4.15. The molecule has 0 N–H and O–H groups in total. The minimum Gasteiger partial charge on any atom is -0.498 e. The van der Waals surface area contributed by atoms with E-state index in [1.54, 1.807) is 20.8 Å². The fourth-order valence-corrected chi connectivity index (χ4v) is 8.07. The highest BCUT2D eigenvalue weighted by Gasteiger charge is 2.45. The quantitative estimate of drug-likeness (QED) is 0.459. The van der Waals surface area contributed by atoms with Crippen molar-refractivity contribution < 1.29 is 37.4 Å². The van der Waals surface area contributed by atoms with Gasteiger partial charge in [-0.3, -0.25) is 0 Å². The molecule has 0 fully saturated rings. The summed E-state index contributed by atoms with van der Waals surface area (Å²) >= 11 is -3.49. The van der Waals surface area contributed by atoms with E-state index in [9.17, 15) is 26.3 Å². The first-order valence-corrected chi connectivity index (χ1v) is 10.5. The standard InChI is InChI=1S/C6H15OSi.2C2H2F3O.Al/c1-4-8(7,5-2)6-3;2*3-2(4,5)1-6;/h4-6H2,1-3H3;2*1H2;/q3*-1;+3. The van der Waals surface area contributed by atoms with Gasteiger partial charge in [0.05, 0.1) is 0 Å². The number of rotatable bonds is 9. The van der Waals surface area contributed by atoms with Gasteiger partial charge in [0.1, 0.15) is 13.2 Å². The molecule has 0 amide bonds. The zero-order chi connectivity index (χ0) is 16.7. The van der Waals surface area contributed by atoms with Gasteiger partial charge in [0.15, 0.2) is 8.32 Å². The molecule has 0 atom stereocenters. The van der Waals surface area contributed by atoms with Gasteiger partial charge >= 0.3 is 27.5 Å². The van der Waals surface area contributed by atoms with Gasteiger partial charge in [0.25, 0.3) is 0 Å². The third-order valence-electron chi connectivity index (χ3n) is 3.05. The molecule has 0 aliphatic heterocycles. The Labute approximate surface area is 126 Å². The van der Waals surface area contributed by atoms with Crippen molar-refractivity contribution in [2.24, 2.45) is 0 Å². The Morgan fingerprint density at radius 1 is 0.762 bits per heavy atom. The molecule has 3 nitrogen and oxygen atoms in total. The molecule has 21 heavy (non-hydrogen) atoms. The highest BCUT2D eigenvalue weighted by molar-refractivity contribution is 6.78. The largest absolute Gasteiger partial charge is 0.894 e. The van der Waals surface area contributed by atoms with Crippen LogP contribution in [0.25, 0.3) is 0 Å². The topological polar surface area (TPSA) is 27.7 Å². The first-order valence-electron chi connectivity index (χ1n) is 6.51. The van der Waals surface area contributed by atoms with E-state index in [4.69, 9.17) is 3.48 Å². The van der Waals surface area contributed by atoms with Crippen LogP contribution < -0.4 is 0 Å². The zero-order valence-electron chi connectivity index (χ0n) is 12.1. The Balaban J connectivity index is 4.77. The summed E-state index contributed by atoms with van der Waals surface area (Å²) < 4.78 is 87.3. The van der Waals surface area contributed by atoms with Crippen molar-refractivity contribution in [1.82, 2.24) is 0 Å². The maximum Gasteiger partial charge on any atom is 0.894 e. The van der Waals surface area contributed by atoms with E-state index in [0.717, 1.165) is 0 Å². The van der Waals surface area contributed by atoms with E-state index in [1.165, 1.54) is 0 Å². The molecule has 0 radical (unpaired) electrons. The molecule has 0 aliphatic carbocycles. The van der Waals surface area contributed by atoms with E-state index >= 15 is 0 Å². The van der Waals surface area contributed by atoms with Gasteiger partial charge in [-0.05, 0) is 18.1 Å². The first kappa shape index (κ1) is 21.2. The van der Waals surface area contributed by atoms with Gasteiger partial charge < -0.3 is 11.1 Å². The molecular formula is C10H19AlF6O3Si. The molecule has 0 aromatic heterocycles. The number of hydrogen-bond donors (Lipinski definition) is 0. The lowest BCUT2D eigenvalue weighted by Gasteiger charge is -2.31. The van der Waals surface area contributed by atoms with Gasteiger partial charge in [0, 0.05) is 0 Å². The SMILES string of the molecule is CC[Si](CC)(CC)[O][Al]([O]CC(F)(F)F)[O]CC(F)(F)F. The fourth-order valence-electron chi connectivity index (χ4n) is 1.65. The minimum atomic E-state index is -4.63. The summed E-state index contributed by atoms with van der Waals surface area (Å²) in [5.74, 6) is 0. The summed E-state index contributed by atoms with van der Waals surface area (Å²) in [6, 6.07) is 1.73. The Kier molecular flexibility index (Phi) is 8.83. The normalized spacial score (nSPS) is 13.6. The van der Waals surface area contributed by atoms with Gasteiger partial charge in [-0.15, -0.1) is 0 Å². The van der Waals surface area contributed by atoms with Crippen LogP contribution in [-0.4, -0.2) is 49.0 Å². The summed E-state index contributed by atoms with van der Waals surface area (Å²) in [7, 11) is -2.40. The third-order valence-corrected chi connectivity index (χ3v) is 10.6. The number of hydrogen-bond acceptors (Lipinski definition) is 3.